The van der Waals surface area contributed by atoms with E-state index in [4.69, 9.17) is 10.7 Å². The summed E-state index contributed by atoms with van der Waals surface area (Å²) < 4.78 is 1.86. The fraction of sp³-hybridized carbons (Fsp3) is 0.353. The predicted molar refractivity (Wildman–Crippen MR) is 98.5 cm³/mol. The maximum Gasteiger partial charge on any atom is 0.195 e. The van der Waals surface area contributed by atoms with Crippen molar-refractivity contribution < 1.29 is 5.11 Å². The van der Waals surface area contributed by atoms with Crippen LogP contribution >= 0.6 is 11.3 Å². The van der Waals surface area contributed by atoms with E-state index in [1.807, 2.05) is 22.1 Å². The minimum Gasteiger partial charge on any atom is -0.396 e. The Morgan fingerprint density at radius 1 is 1.40 bits per heavy atom. The van der Waals surface area contributed by atoms with E-state index in [1.54, 1.807) is 19.3 Å². The number of hydrogen-bond donors (Lipinski definition) is 2. The van der Waals surface area contributed by atoms with Gasteiger partial charge in [-0.1, -0.05) is 0 Å². The molecule has 2 atom stereocenters. The van der Waals surface area contributed by atoms with Crippen LogP contribution in [-0.2, 0) is 0 Å². The number of nitrogens with zero attached hydrogens (tertiary/aromatic N) is 4. The molecule has 0 radical (unpaired) electrons. The molecule has 0 saturated carbocycles. The van der Waals surface area contributed by atoms with Crippen molar-refractivity contribution in [1.29, 1.82) is 0 Å². The van der Waals surface area contributed by atoms with Gasteiger partial charge in [-0.3, -0.25) is 9.36 Å². The number of thiazole rings is 1. The van der Waals surface area contributed by atoms with Gasteiger partial charge < -0.3 is 15.7 Å². The normalized spacial score (nSPS) is 20.5. The van der Waals surface area contributed by atoms with Gasteiger partial charge in [0.2, 0.25) is 0 Å². The number of hydrogen-bond acceptors (Lipinski definition) is 7. The highest BCUT2D eigenvalue weighted by Crippen LogP contribution is 2.25. The molecule has 0 bridgehead atoms. The molecule has 1 aliphatic heterocycles. The smallest absolute Gasteiger partial charge is 0.195 e. The van der Waals surface area contributed by atoms with Gasteiger partial charge in [0.05, 0.1) is 5.39 Å². The Morgan fingerprint density at radius 3 is 2.92 bits per heavy atom. The Kier molecular flexibility index (Phi) is 4.03. The summed E-state index contributed by atoms with van der Waals surface area (Å²) in [5.74, 6) is 0.795. The summed E-state index contributed by atoms with van der Waals surface area (Å²) in [4.78, 5) is 23.6. The molecule has 1 aliphatic rings. The van der Waals surface area contributed by atoms with Crippen LogP contribution in [-0.4, -0.2) is 45.4 Å². The van der Waals surface area contributed by atoms with Crippen molar-refractivity contribution in [3.05, 3.63) is 45.7 Å². The van der Waals surface area contributed by atoms with Crippen molar-refractivity contribution in [3.63, 3.8) is 0 Å². The van der Waals surface area contributed by atoms with E-state index in [-0.39, 0.29) is 24.0 Å². The van der Waals surface area contributed by atoms with Crippen molar-refractivity contribution in [1.82, 2.24) is 14.5 Å². The van der Waals surface area contributed by atoms with E-state index in [0.29, 0.717) is 29.7 Å². The second-order valence-corrected chi connectivity index (χ2v) is 7.25. The molecule has 130 valence electrons. The SMILES string of the molecule is Cc1cn(-c2nccs2)c2nc(N3C[C@H](CO)[C@@H](N)C3)ccc2c1=O. The quantitative estimate of drug-likeness (QED) is 0.723. The molecule has 25 heavy (non-hydrogen) atoms. The number of nitrogens with two attached hydrogens (primary N) is 1. The van der Waals surface area contributed by atoms with Crippen LogP contribution in [0.5, 0.6) is 0 Å². The van der Waals surface area contributed by atoms with E-state index < -0.39 is 0 Å². The maximum atomic E-state index is 12.5. The molecule has 1 saturated heterocycles. The summed E-state index contributed by atoms with van der Waals surface area (Å²) >= 11 is 1.49. The number of aryl methyl sites for hydroxylation is 1. The van der Waals surface area contributed by atoms with Gasteiger partial charge in [0.1, 0.15) is 5.82 Å². The third-order valence-electron chi connectivity index (χ3n) is 4.69. The monoisotopic (exact) mass is 357 g/mol. The molecule has 7 nitrogen and oxygen atoms in total. The highest BCUT2D eigenvalue weighted by molar-refractivity contribution is 7.12. The molecule has 1 fully saturated rings. The lowest BCUT2D eigenvalue weighted by atomic mass is 10.1. The van der Waals surface area contributed by atoms with Gasteiger partial charge >= 0.3 is 0 Å². The van der Waals surface area contributed by atoms with Gasteiger partial charge in [0.15, 0.2) is 16.2 Å². The lowest BCUT2D eigenvalue weighted by Crippen LogP contribution is -2.31. The van der Waals surface area contributed by atoms with Gasteiger partial charge in [0.25, 0.3) is 0 Å². The van der Waals surface area contributed by atoms with Crippen LogP contribution in [0.3, 0.4) is 0 Å². The van der Waals surface area contributed by atoms with E-state index >= 15 is 0 Å². The zero-order valence-electron chi connectivity index (χ0n) is 13.8. The second-order valence-electron chi connectivity index (χ2n) is 6.38. The first-order valence-electron chi connectivity index (χ1n) is 8.12. The molecule has 3 N–H and O–H groups in total. The summed E-state index contributed by atoms with van der Waals surface area (Å²) in [6.07, 6.45) is 3.51. The zero-order valence-corrected chi connectivity index (χ0v) is 14.6. The molecule has 4 heterocycles. The number of aliphatic hydroxyl groups is 1. The average Bonchev–Trinajstić information content (AvgIpc) is 3.27. The molecule has 3 aromatic rings. The van der Waals surface area contributed by atoms with Crippen molar-refractivity contribution in [2.24, 2.45) is 11.7 Å². The Labute approximate surface area is 148 Å². The molecule has 3 aromatic heterocycles. The fourth-order valence-corrected chi connectivity index (χ4v) is 3.88. The highest BCUT2D eigenvalue weighted by Gasteiger charge is 2.30. The van der Waals surface area contributed by atoms with Crippen LogP contribution in [0.4, 0.5) is 5.82 Å². The minimum absolute atomic E-state index is 0.0202. The van der Waals surface area contributed by atoms with Crippen molar-refractivity contribution in [3.8, 4) is 5.13 Å². The lowest BCUT2D eigenvalue weighted by Gasteiger charge is -2.18. The summed E-state index contributed by atoms with van der Waals surface area (Å²) in [6, 6.07) is 3.58. The highest BCUT2D eigenvalue weighted by atomic mass is 32.1. The Balaban J connectivity index is 1.86. The number of pyridine rings is 2. The molecule has 0 unspecified atom stereocenters. The summed E-state index contributed by atoms with van der Waals surface area (Å²) in [5.41, 5.74) is 7.31. The molecular formula is C17H19N5O2S. The van der Waals surface area contributed by atoms with Gasteiger partial charge in [-0.25, -0.2) is 9.97 Å². The topological polar surface area (TPSA) is 97.3 Å². The second kappa shape index (κ2) is 6.21. The summed E-state index contributed by atoms with van der Waals surface area (Å²) in [7, 11) is 0. The van der Waals surface area contributed by atoms with E-state index in [2.05, 4.69) is 9.88 Å². The minimum atomic E-state index is -0.0818. The lowest BCUT2D eigenvalue weighted by molar-refractivity contribution is 0.228. The average molecular weight is 357 g/mol. The number of aromatic nitrogens is 3. The first-order valence-corrected chi connectivity index (χ1v) is 9.00. The number of anilines is 1. The molecule has 0 aliphatic carbocycles. The Bertz CT molecular complexity index is 969. The van der Waals surface area contributed by atoms with Gasteiger partial charge in [-0.15, -0.1) is 11.3 Å². The van der Waals surface area contributed by atoms with E-state index in [9.17, 15) is 9.90 Å². The third-order valence-corrected chi connectivity index (χ3v) is 5.46. The number of rotatable bonds is 3. The fourth-order valence-electron chi connectivity index (χ4n) is 3.26. The standard InChI is InChI=1S/C17H19N5O2S/c1-10-6-22(17-19-4-5-25-17)16-12(15(10)24)2-3-14(20-16)21-7-11(9-23)13(18)8-21/h2-6,11,13,23H,7-9,18H2,1H3/t11-,13+/m1/s1. The van der Waals surface area contributed by atoms with Crippen LogP contribution in [0, 0.1) is 12.8 Å². The largest absolute Gasteiger partial charge is 0.396 e. The van der Waals surface area contributed by atoms with Crippen LogP contribution in [0.15, 0.2) is 34.7 Å². The van der Waals surface area contributed by atoms with Crippen molar-refractivity contribution >= 4 is 28.2 Å². The molecule has 0 spiro atoms. The number of aliphatic hydroxyl groups excluding tert-OH is 1. The van der Waals surface area contributed by atoms with Gasteiger partial charge in [-0.2, -0.15) is 0 Å². The van der Waals surface area contributed by atoms with Crippen molar-refractivity contribution in [2.45, 2.75) is 13.0 Å². The number of fused-ring (bicyclic) bond motifs is 1. The van der Waals surface area contributed by atoms with Crippen LogP contribution < -0.4 is 16.1 Å². The third kappa shape index (κ3) is 2.72. The Morgan fingerprint density at radius 2 is 2.24 bits per heavy atom. The van der Waals surface area contributed by atoms with E-state index in [0.717, 1.165) is 10.9 Å². The van der Waals surface area contributed by atoms with Gasteiger partial charge in [0, 0.05) is 55.0 Å². The van der Waals surface area contributed by atoms with Gasteiger partial charge in [-0.05, 0) is 19.1 Å². The predicted octanol–water partition coefficient (Wildman–Crippen LogP) is 0.906. The van der Waals surface area contributed by atoms with Crippen LogP contribution in [0.1, 0.15) is 5.56 Å². The molecular weight excluding hydrogens is 338 g/mol. The van der Waals surface area contributed by atoms with Crippen LogP contribution in [0.25, 0.3) is 16.2 Å². The molecule has 8 heteroatoms. The molecule has 4 rings (SSSR count). The zero-order chi connectivity index (χ0) is 17.6. The molecule has 0 aromatic carbocycles. The Hall–Kier alpha value is -2.29. The maximum absolute atomic E-state index is 12.5. The van der Waals surface area contributed by atoms with Crippen LogP contribution in [0.2, 0.25) is 0 Å². The summed E-state index contributed by atoms with van der Waals surface area (Å²) in [6.45, 7) is 3.15. The van der Waals surface area contributed by atoms with Crippen molar-refractivity contribution in [2.75, 3.05) is 24.6 Å². The van der Waals surface area contributed by atoms with E-state index in [1.165, 1.54) is 11.3 Å². The molecule has 0 amide bonds. The first kappa shape index (κ1) is 16.2. The summed E-state index contributed by atoms with van der Waals surface area (Å²) in [5, 5.41) is 12.7. The first-order chi connectivity index (χ1) is 12.1.